The summed E-state index contributed by atoms with van der Waals surface area (Å²) in [6.45, 7) is 8.44. The van der Waals surface area contributed by atoms with E-state index in [1.54, 1.807) is 41.5 Å². The van der Waals surface area contributed by atoms with E-state index in [1.807, 2.05) is 0 Å². The van der Waals surface area contributed by atoms with Gasteiger partial charge >= 0.3 is 12.4 Å². The summed E-state index contributed by atoms with van der Waals surface area (Å²) in [6.07, 6.45) is -5.54. The van der Waals surface area contributed by atoms with Gasteiger partial charge in [-0.1, -0.05) is 30.4 Å². The third kappa shape index (κ3) is 8.40. The molecule has 3 atom stereocenters. The van der Waals surface area contributed by atoms with Crippen LogP contribution in [0.5, 0.6) is 0 Å². The molecule has 0 spiro atoms. The molecule has 268 valence electrons. The second-order valence-corrected chi connectivity index (χ2v) is 15.7. The van der Waals surface area contributed by atoms with E-state index in [4.69, 9.17) is 0 Å². The maximum atomic E-state index is 13.7. The first-order valence-electron chi connectivity index (χ1n) is 16.0. The van der Waals surface area contributed by atoms with Crippen molar-refractivity contribution in [2.75, 3.05) is 45.8 Å². The van der Waals surface area contributed by atoms with Crippen LogP contribution in [0.25, 0.3) is 0 Å². The van der Waals surface area contributed by atoms with E-state index in [-0.39, 0.29) is 43.8 Å². The average Bonchev–Trinajstić information content (AvgIpc) is 3.78. The van der Waals surface area contributed by atoms with Gasteiger partial charge in [-0.15, -0.1) is 11.3 Å². The molecular formula is C33H38F6N4O4S2. The van der Waals surface area contributed by atoms with E-state index >= 15 is 0 Å². The average molecular weight is 733 g/mol. The van der Waals surface area contributed by atoms with E-state index in [0.717, 1.165) is 0 Å². The van der Waals surface area contributed by atoms with Crippen molar-refractivity contribution in [1.29, 1.82) is 0 Å². The molecule has 3 saturated heterocycles. The van der Waals surface area contributed by atoms with Crippen LogP contribution in [0.2, 0.25) is 0 Å². The van der Waals surface area contributed by atoms with Crippen LogP contribution in [-0.2, 0) is 27.2 Å². The van der Waals surface area contributed by atoms with Crippen LogP contribution in [-0.4, -0.2) is 97.1 Å². The molecule has 0 saturated carbocycles. The lowest BCUT2D eigenvalue weighted by Crippen LogP contribution is -2.55. The Morgan fingerprint density at radius 3 is 2.18 bits per heavy atom. The van der Waals surface area contributed by atoms with Gasteiger partial charge in [0.1, 0.15) is 4.21 Å². The number of piperidine rings is 1. The van der Waals surface area contributed by atoms with Gasteiger partial charge in [-0.2, -0.15) is 30.6 Å². The molecule has 1 aromatic heterocycles. The fraction of sp³-hybridized carbons (Fsp3) is 0.515. The number of sulfonamides is 1. The van der Waals surface area contributed by atoms with Gasteiger partial charge in [0, 0.05) is 69.4 Å². The van der Waals surface area contributed by atoms with Crippen LogP contribution < -0.4 is 0 Å². The zero-order valence-electron chi connectivity index (χ0n) is 26.8. The van der Waals surface area contributed by atoms with Gasteiger partial charge in [-0.25, -0.2) is 8.42 Å². The quantitative estimate of drug-likeness (QED) is 0.241. The molecule has 3 aliphatic heterocycles. The van der Waals surface area contributed by atoms with E-state index in [9.17, 15) is 44.3 Å². The van der Waals surface area contributed by atoms with Crippen molar-refractivity contribution in [2.24, 2.45) is 5.92 Å². The number of piperazine rings is 1. The number of carbonyl (C=O) groups excluding carboxylic acids is 2. The minimum absolute atomic E-state index is 0.0113. The summed E-state index contributed by atoms with van der Waals surface area (Å²) in [5.74, 6) is -1.61. The maximum absolute atomic E-state index is 13.7. The number of nitrogens with zero attached hydrogens (tertiary/aromatic N) is 4. The third-order valence-electron chi connectivity index (χ3n) is 9.42. The second-order valence-electron chi connectivity index (χ2n) is 12.6. The maximum Gasteiger partial charge on any atom is 0.416 e. The van der Waals surface area contributed by atoms with Gasteiger partial charge < -0.3 is 9.80 Å². The summed E-state index contributed by atoms with van der Waals surface area (Å²) in [4.78, 5) is 32.6. The fourth-order valence-corrected chi connectivity index (χ4v) is 9.55. The molecule has 49 heavy (non-hydrogen) atoms. The van der Waals surface area contributed by atoms with Crippen molar-refractivity contribution in [3.05, 3.63) is 76.7 Å². The summed E-state index contributed by atoms with van der Waals surface area (Å²) in [5.41, 5.74) is -3.27. The molecule has 3 aliphatic rings. The second kappa shape index (κ2) is 14.6. The summed E-state index contributed by atoms with van der Waals surface area (Å²) >= 11 is 1.18. The van der Waals surface area contributed by atoms with E-state index < -0.39 is 56.9 Å². The Morgan fingerprint density at radius 2 is 1.61 bits per heavy atom. The highest BCUT2D eigenvalue weighted by Gasteiger charge is 2.42. The van der Waals surface area contributed by atoms with Crippen molar-refractivity contribution in [3.8, 4) is 0 Å². The summed E-state index contributed by atoms with van der Waals surface area (Å²) in [7, 11) is -3.55. The summed E-state index contributed by atoms with van der Waals surface area (Å²) < 4.78 is 109. The standard InChI is InChI=1S/C33H38F6N4O4S2/c1-3-5-22(2)16-28-19-23(7-10-43(28)31(45)24-17-25(32(34,35)36)20-26(18-24)33(37,38)39)30(44)41-13-11-40(12-14-41)27-8-9-42(21-27)49(46,47)29-6-4-15-48-29/h3-6,15,17-18,20,23,27-28H,2,7-14,16,19,21H2,1H3/b5-3-. The number of likely N-dealkylation sites (tertiary alicyclic amines) is 1. The van der Waals surface area contributed by atoms with E-state index in [2.05, 4.69) is 11.5 Å². The Kier molecular flexibility index (Phi) is 11.0. The van der Waals surface area contributed by atoms with Crippen LogP contribution in [0, 0.1) is 5.92 Å². The van der Waals surface area contributed by atoms with Crippen LogP contribution in [0.1, 0.15) is 54.1 Å². The number of rotatable bonds is 8. The number of allylic oxidation sites excluding steroid dienone is 2. The van der Waals surface area contributed by atoms with E-state index in [0.29, 0.717) is 67.6 Å². The van der Waals surface area contributed by atoms with Gasteiger partial charge in [0.05, 0.1) is 11.1 Å². The summed E-state index contributed by atoms with van der Waals surface area (Å²) in [6, 6.07) is 3.50. The lowest BCUT2D eigenvalue weighted by Gasteiger charge is -2.43. The molecule has 0 radical (unpaired) electrons. The Bertz CT molecular complexity index is 1640. The molecule has 5 rings (SSSR count). The number of benzene rings is 1. The van der Waals surface area contributed by atoms with Crippen LogP contribution in [0.3, 0.4) is 0 Å². The van der Waals surface area contributed by atoms with Crippen LogP contribution >= 0.6 is 11.3 Å². The molecule has 1 aromatic carbocycles. The van der Waals surface area contributed by atoms with Crippen molar-refractivity contribution in [3.63, 3.8) is 0 Å². The van der Waals surface area contributed by atoms with E-state index in [1.165, 1.54) is 20.5 Å². The van der Waals surface area contributed by atoms with Crippen LogP contribution in [0.4, 0.5) is 26.3 Å². The lowest BCUT2D eigenvalue weighted by atomic mass is 9.86. The number of hydrogen-bond acceptors (Lipinski definition) is 6. The molecule has 4 heterocycles. The molecule has 3 fully saturated rings. The van der Waals surface area contributed by atoms with Crippen LogP contribution in [0.15, 0.2) is 64.2 Å². The normalized spacial score (nSPS) is 23.4. The van der Waals surface area contributed by atoms with Gasteiger partial charge in [0.15, 0.2) is 0 Å². The summed E-state index contributed by atoms with van der Waals surface area (Å²) in [5, 5.41) is 1.72. The molecule has 2 amide bonds. The van der Waals surface area contributed by atoms with Gasteiger partial charge in [0.25, 0.3) is 15.9 Å². The number of alkyl halides is 6. The fourth-order valence-electron chi connectivity index (χ4n) is 6.92. The van der Waals surface area contributed by atoms with Gasteiger partial charge in [-0.3, -0.25) is 14.5 Å². The Hall–Kier alpha value is -3.21. The van der Waals surface area contributed by atoms with Gasteiger partial charge in [-0.05, 0) is 62.3 Å². The largest absolute Gasteiger partial charge is 0.416 e. The minimum atomic E-state index is -5.10. The zero-order chi connectivity index (χ0) is 35.7. The predicted octanol–water partition coefficient (Wildman–Crippen LogP) is 6.14. The Labute approximate surface area is 285 Å². The topological polar surface area (TPSA) is 81.2 Å². The molecule has 0 aliphatic carbocycles. The molecule has 8 nitrogen and oxygen atoms in total. The molecule has 0 N–H and O–H groups in total. The highest BCUT2D eigenvalue weighted by Crippen LogP contribution is 2.38. The smallest absolute Gasteiger partial charge is 0.340 e. The molecular weight excluding hydrogens is 695 g/mol. The molecule has 3 unspecified atom stereocenters. The molecule has 2 aromatic rings. The molecule has 0 bridgehead atoms. The minimum Gasteiger partial charge on any atom is -0.340 e. The van der Waals surface area contributed by atoms with Crippen molar-refractivity contribution in [1.82, 2.24) is 19.0 Å². The number of thiophene rings is 1. The third-order valence-corrected chi connectivity index (χ3v) is 12.7. The number of hydrogen-bond donors (Lipinski definition) is 0. The lowest BCUT2D eigenvalue weighted by molar-refractivity contribution is -0.143. The number of amides is 2. The van der Waals surface area contributed by atoms with Gasteiger partial charge in [0.2, 0.25) is 5.91 Å². The first-order valence-corrected chi connectivity index (χ1v) is 18.3. The van der Waals surface area contributed by atoms with Crippen molar-refractivity contribution < 1.29 is 44.3 Å². The highest BCUT2D eigenvalue weighted by atomic mass is 32.2. The predicted molar refractivity (Wildman–Crippen MR) is 172 cm³/mol. The Morgan fingerprint density at radius 1 is 0.959 bits per heavy atom. The van der Waals surface area contributed by atoms with Crippen molar-refractivity contribution >= 4 is 33.2 Å². The first-order chi connectivity index (χ1) is 23.0. The zero-order valence-corrected chi connectivity index (χ0v) is 28.5. The first kappa shape index (κ1) is 37.1. The molecule has 16 heteroatoms. The van der Waals surface area contributed by atoms with Crippen molar-refractivity contribution in [2.45, 2.75) is 61.3 Å². The number of carbonyl (C=O) groups is 2. The SMILES string of the molecule is C=C(/C=C\C)CC1CC(C(=O)N2CCN(C3CCN(S(=O)(=O)c4cccs4)C3)CC2)CCN1C(=O)c1cc(C(F)(F)F)cc(C(F)(F)F)c1. The Balaban J connectivity index is 1.25. The monoisotopic (exact) mass is 732 g/mol. The number of halogens is 6. The highest BCUT2D eigenvalue weighted by molar-refractivity contribution is 7.91.